The van der Waals surface area contributed by atoms with Crippen molar-refractivity contribution in [2.24, 2.45) is 10.7 Å². The van der Waals surface area contributed by atoms with Crippen molar-refractivity contribution in [3.8, 4) is 0 Å². The first kappa shape index (κ1) is 13.3. The molecule has 0 saturated carbocycles. The first-order valence-corrected chi connectivity index (χ1v) is 4.40. The van der Waals surface area contributed by atoms with Gasteiger partial charge in [0.2, 0.25) is 0 Å². The van der Waals surface area contributed by atoms with Gasteiger partial charge in [0.05, 0.1) is 11.1 Å². The molecule has 15 heavy (non-hydrogen) atoms. The van der Waals surface area contributed by atoms with Crippen molar-refractivity contribution in [3.05, 3.63) is 34.7 Å². The zero-order valence-corrected chi connectivity index (χ0v) is 8.59. The lowest BCUT2D eigenvalue weighted by Crippen LogP contribution is -2.26. The van der Waals surface area contributed by atoms with Gasteiger partial charge in [0, 0.05) is 7.05 Å². The molecule has 0 aliphatic carbocycles. The summed E-state index contributed by atoms with van der Waals surface area (Å²) in [6.07, 6.45) is 2.35. The van der Waals surface area contributed by atoms with E-state index in [4.69, 9.17) is 5.73 Å². The predicted molar refractivity (Wildman–Crippen MR) is 58.1 cm³/mol. The average Bonchev–Trinajstić information content (AvgIpc) is 2.21. The number of aliphatic imine (C=N–C) groups is 1. The Hall–Kier alpha value is -1.69. The van der Waals surface area contributed by atoms with Gasteiger partial charge in [0.15, 0.2) is 0 Å². The van der Waals surface area contributed by atoms with Gasteiger partial charge in [-0.05, 0) is 12.8 Å². The largest absolute Gasteiger partial charge is 0.399 e. The monoisotopic (exact) mass is 213 g/mol. The summed E-state index contributed by atoms with van der Waals surface area (Å²) < 4.78 is 0. The molecule has 0 aliphatic rings. The lowest BCUT2D eigenvalue weighted by Gasteiger charge is -2.09. The summed E-state index contributed by atoms with van der Waals surface area (Å²) in [4.78, 5) is 13.6. The SMILES string of the molecule is C=CCCC(O)C(=NC)C(=CN)[N+](=O)[O-]. The third kappa shape index (κ3) is 3.90. The second-order valence-electron chi connectivity index (χ2n) is 2.80. The van der Waals surface area contributed by atoms with Crippen LogP contribution in [0, 0.1) is 10.1 Å². The normalized spacial score (nSPS) is 14.8. The number of aliphatic hydroxyl groups excluding tert-OH is 1. The second kappa shape index (κ2) is 6.72. The number of nitro groups is 1. The van der Waals surface area contributed by atoms with Gasteiger partial charge < -0.3 is 10.8 Å². The van der Waals surface area contributed by atoms with Crippen LogP contribution in [0.15, 0.2) is 29.5 Å². The fourth-order valence-corrected chi connectivity index (χ4v) is 1.09. The maximum atomic E-state index is 10.6. The maximum absolute atomic E-state index is 10.6. The molecule has 0 fully saturated rings. The van der Waals surface area contributed by atoms with Crippen molar-refractivity contribution in [2.75, 3.05) is 7.05 Å². The Morgan fingerprint density at radius 2 is 2.40 bits per heavy atom. The van der Waals surface area contributed by atoms with E-state index in [1.807, 2.05) is 0 Å². The summed E-state index contributed by atoms with van der Waals surface area (Å²) in [5, 5.41) is 20.2. The van der Waals surface area contributed by atoms with Crippen LogP contribution in [-0.4, -0.2) is 28.9 Å². The van der Waals surface area contributed by atoms with Gasteiger partial charge in [-0.15, -0.1) is 6.58 Å². The standard InChI is InChI=1S/C9H15N3O3/c1-3-4-5-8(13)9(11-2)7(6-10)12(14)15/h3,6,8,13H,1,4-5,10H2,2H3. The Morgan fingerprint density at radius 3 is 2.73 bits per heavy atom. The summed E-state index contributed by atoms with van der Waals surface area (Å²) in [6.45, 7) is 3.49. The number of hydrogen-bond donors (Lipinski definition) is 2. The number of nitrogens with two attached hydrogens (primary N) is 1. The molecular weight excluding hydrogens is 198 g/mol. The fraction of sp³-hybridized carbons (Fsp3) is 0.444. The first-order chi connectivity index (χ1) is 7.08. The Bertz CT molecular complexity index is 297. The zero-order chi connectivity index (χ0) is 11.8. The molecule has 0 aliphatic heterocycles. The van der Waals surface area contributed by atoms with Gasteiger partial charge >= 0.3 is 5.70 Å². The first-order valence-electron chi connectivity index (χ1n) is 4.40. The number of allylic oxidation sites excluding steroid dienone is 1. The van der Waals surface area contributed by atoms with E-state index in [-0.39, 0.29) is 11.4 Å². The van der Waals surface area contributed by atoms with Crippen molar-refractivity contribution in [3.63, 3.8) is 0 Å². The van der Waals surface area contributed by atoms with E-state index in [0.717, 1.165) is 6.20 Å². The molecule has 0 bridgehead atoms. The molecule has 0 heterocycles. The molecule has 3 N–H and O–H groups in total. The van der Waals surface area contributed by atoms with Crippen molar-refractivity contribution < 1.29 is 10.0 Å². The summed E-state index contributed by atoms with van der Waals surface area (Å²) in [6, 6.07) is 0. The molecule has 84 valence electrons. The molecule has 1 unspecified atom stereocenters. The van der Waals surface area contributed by atoms with Gasteiger partial charge in [0.1, 0.15) is 11.8 Å². The summed E-state index contributed by atoms with van der Waals surface area (Å²) in [5.74, 6) is 0. The molecule has 0 amide bonds. The maximum Gasteiger partial charge on any atom is 0.308 e. The minimum atomic E-state index is -0.992. The van der Waals surface area contributed by atoms with Crippen LogP contribution in [0.2, 0.25) is 0 Å². The molecule has 6 nitrogen and oxygen atoms in total. The zero-order valence-electron chi connectivity index (χ0n) is 8.59. The third-order valence-electron chi connectivity index (χ3n) is 1.82. The quantitative estimate of drug-likeness (QED) is 0.289. The number of hydrogen-bond acceptors (Lipinski definition) is 5. The predicted octanol–water partition coefficient (Wildman–Crippen LogP) is 0.461. The minimum absolute atomic E-state index is 0.00986. The van der Waals surface area contributed by atoms with Gasteiger partial charge in [-0.25, -0.2) is 0 Å². The molecule has 1 atom stereocenters. The molecular formula is C9H15N3O3. The summed E-state index contributed by atoms with van der Waals surface area (Å²) in [5.41, 5.74) is 4.72. The molecule has 6 heteroatoms. The Morgan fingerprint density at radius 1 is 1.80 bits per heavy atom. The van der Waals surface area contributed by atoms with Crippen LogP contribution in [0.1, 0.15) is 12.8 Å². The highest BCUT2D eigenvalue weighted by Gasteiger charge is 2.24. The molecule has 0 aromatic heterocycles. The van der Waals surface area contributed by atoms with Gasteiger partial charge in [-0.3, -0.25) is 15.1 Å². The molecule has 0 spiro atoms. The van der Waals surface area contributed by atoms with Gasteiger partial charge in [-0.1, -0.05) is 6.08 Å². The third-order valence-corrected chi connectivity index (χ3v) is 1.82. The van der Waals surface area contributed by atoms with Crippen molar-refractivity contribution in [1.82, 2.24) is 0 Å². The highest BCUT2D eigenvalue weighted by molar-refractivity contribution is 6.01. The van der Waals surface area contributed by atoms with Crippen LogP contribution in [0.5, 0.6) is 0 Å². The number of nitrogens with zero attached hydrogens (tertiary/aromatic N) is 2. The van der Waals surface area contributed by atoms with Gasteiger partial charge in [0.25, 0.3) is 0 Å². The Labute approximate surface area is 88.0 Å². The van der Waals surface area contributed by atoms with E-state index in [9.17, 15) is 15.2 Å². The molecule has 0 aromatic rings. The topological polar surface area (TPSA) is 102 Å². The Kier molecular flexibility index (Phi) is 5.96. The van der Waals surface area contributed by atoms with Crippen molar-refractivity contribution in [1.29, 1.82) is 0 Å². The summed E-state index contributed by atoms with van der Waals surface area (Å²) in [7, 11) is 1.37. The lowest BCUT2D eigenvalue weighted by atomic mass is 10.1. The van der Waals surface area contributed by atoms with E-state index in [0.29, 0.717) is 12.8 Å². The van der Waals surface area contributed by atoms with Crippen LogP contribution in [0.3, 0.4) is 0 Å². The molecule has 0 radical (unpaired) electrons. The summed E-state index contributed by atoms with van der Waals surface area (Å²) >= 11 is 0. The van der Waals surface area contributed by atoms with E-state index in [2.05, 4.69) is 11.6 Å². The Balaban J connectivity index is 4.76. The van der Waals surface area contributed by atoms with Crippen LogP contribution >= 0.6 is 0 Å². The van der Waals surface area contributed by atoms with Crippen molar-refractivity contribution in [2.45, 2.75) is 18.9 Å². The fourth-order valence-electron chi connectivity index (χ4n) is 1.09. The second-order valence-corrected chi connectivity index (χ2v) is 2.80. The van der Waals surface area contributed by atoms with Crippen LogP contribution in [0.25, 0.3) is 0 Å². The van der Waals surface area contributed by atoms with Crippen LogP contribution in [0.4, 0.5) is 0 Å². The van der Waals surface area contributed by atoms with Gasteiger partial charge in [-0.2, -0.15) is 0 Å². The average molecular weight is 213 g/mol. The van der Waals surface area contributed by atoms with E-state index in [1.54, 1.807) is 6.08 Å². The number of aliphatic hydroxyl groups is 1. The molecule has 0 rings (SSSR count). The number of rotatable bonds is 6. The highest BCUT2D eigenvalue weighted by Crippen LogP contribution is 2.08. The van der Waals surface area contributed by atoms with E-state index < -0.39 is 11.0 Å². The lowest BCUT2D eigenvalue weighted by molar-refractivity contribution is -0.415. The molecule has 0 aromatic carbocycles. The van der Waals surface area contributed by atoms with Crippen LogP contribution < -0.4 is 5.73 Å². The smallest absolute Gasteiger partial charge is 0.308 e. The highest BCUT2D eigenvalue weighted by atomic mass is 16.6. The van der Waals surface area contributed by atoms with E-state index >= 15 is 0 Å². The minimum Gasteiger partial charge on any atom is -0.399 e. The van der Waals surface area contributed by atoms with Crippen molar-refractivity contribution >= 4 is 5.71 Å². The van der Waals surface area contributed by atoms with E-state index in [1.165, 1.54) is 7.05 Å². The van der Waals surface area contributed by atoms with Crippen LogP contribution in [-0.2, 0) is 0 Å². The molecule has 0 saturated heterocycles.